The van der Waals surface area contributed by atoms with Crippen molar-refractivity contribution in [2.45, 2.75) is 18.4 Å². The first-order chi connectivity index (χ1) is 19.0. The van der Waals surface area contributed by atoms with Crippen LogP contribution in [-0.4, -0.2) is 59.4 Å². The molecule has 3 amide bonds. The molecule has 1 N–H and O–H groups in total. The summed E-state index contributed by atoms with van der Waals surface area (Å²) >= 11 is 0. The van der Waals surface area contributed by atoms with E-state index in [4.69, 9.17) is 0 Å². The van der Waals surface area contributed by atoms with Gasteiger partial charge in [0.25, 0.3) is 11.8 Å². The van der Waals surface area contributed by atoms with Gasteiger partial charge in [-0.3, -0.25) is 14.4 Å². The highest BCUT2D eigenvalue weighted by Gasteiger charge is 2.54. The van der Waals surface area contributed by atoms with Crippen LogP contribution in [0.4, 0.5) is 11.4 Å². The van der Waals surface area contributed by atoms with E-state index in [9.17, 15) is 14.4 Å². The van der Waals surface area contributed by atoms with Crippen LogP contribution in [0, 0.1) is 0 Å². The Bertz CT molecular complexity index is 1510. The van der Waals surface area contributed by atoms with Gasteiger partial charge < -0.3 is 20.0 Å². The summed E-state index contributed by atoms with van der Waals surface area (Å²) in [5.41, 5.74) is 1.49. The maximum absolute atomic E-state index is 13.9. The summed E-state index contributed by atoms with van der Waals surface area (Å²) in [4.78, 5) is 45.8. The Morgan fingerprint density at radius 2 is 1.41 bits per heavy atom. The molecule has 7 nitrogen and oxygen atoms in total. The summed E-state index contributed by atoms with van der Waals surface area (Å²) in [6.07, 6.45) is 0.994. The molecule has 0 bridgehead atoms. The third kappa shape index (κ3) is 4.72. The van der Waals surface area contributed by atoms with Crippen LogP contribution in [-0.2, 0) is 9.59 Å². The lowest BCUT2D eigenvalue weighted by atomic mass is 9.85. The molecule has 2 saturated heterocycles. The Kier molecular flexibility index (Phi) is 6.49. The quantitative estimate of drug-likeness (QED) is 0.414. The van der Waals surface area contributed by atoms with Crippen LogP contribution in [0.2, 0.25) is 0 Å². The molecule has 196 valence electrons. The van der Waals surface area contributed by atoms with Crippen LogP contribution in [0.15, 0.2) is 103 Å². The maximum Gasteiger partial charge on any atom is 0.253 e. The summed E-state index contributed by atoms with van der Waals surface area (Å²) in [6, 6.07) is 32.9. The van der Waals surface area contributed by atoms with Gasteiger partial charge in [-0.2, -0.15) is 0 Å². The number of piperidine rings is 1. The second-order valence-corrected chi connectivity index (χ2v) is 10.2. The molecule has 2 aliphatic rings. The minimum absolute atomic E-state index is 0.0218. The van der Waals surface area contributed by atoms with E-state index in [1.54, 1.807) is 4.90 Å². The van der Waals surface area contributed by atoms with E-state index in [-0.39, 0.29) is 24.3 Å². The zero-order valence-electron chi connectivity index (χ0n) is 21.6. The number of amides is 3. The van der Waals surface area contributed by atoms with E-state index >= 15 is 0 Å². The zero-order chi connectivity index (χ0) is 26.8. The fourth-order valence-corrected chi connectivity index (χ4v) is 5.80. The van der Waals surface area contributed by atoms with Gasteiger partial charge >= 0.3 is 0 Å². The predicted octanol–water partition coefficient (Wildman–Crippen LogP) is 4.76. The van der Waals surface area contributed by atoms with E-state index in [1.165, 1.54) is 0 Å². The lowest BCUT2D eigenvalue weighted by Gasteiger charge is -2.43. The minimum Gasteiger partial charge on any atom is -0.339 e. The van der Waals surface area contributed by atoms with Gasteiger partial charge in [-0.05, 0) is 60.0 Å². The van der Waals surface area contributed by atoms with Crippen LogP contribution in [0.3, 0.4) is 0 Å². The Labute approximate surface area is 227 Å². The molecule has 6 rings (SSSR count). The number of carbonyl (C=O) groups excluding carboxylic acids is 3. The van der Waals surface area contributed by atoms with Gasteiger partial charge in [0.1, 0.15) is 12.1 Å². The molecule has 4 aromatic carbocycles. The van der Waals surface area contributed by atoms with Gasteiger partial charge in [0, 0.05) is 30.0 Å². The first kappa shape index (κ1) is 24.7. The van der Waals surface area contributed by atoms with Crippen molar-refractivity contribution < 1.29 is 14.4 Å². The normalized spacial score (nSPS) is 16.6. The second kappa shape index (κ2) is 10.3. The van der Waals surface area contributed by atoms with Crippen molar-refractivity contribution in [3.05, 3.63) is 109 Å². The van der Waals surface area contributed by atoms with Crippen molar-refractivity contribution in [1.82, 2.24) is 9.80 Å². The number of hydrogen-bond donors (Lipinski definition) is 1. The van der Waals surface area contributed by atoms with Crippen LogP contribution in [0.5, 0.6) is 0 Å². The molecule has 39 heavy (non-hydrogen) atoms. The fourth-order valence-electron chi connectivity index (χ4n) is 5.80. The molecule has 0 unspecified atom stereocenters. The van der Waals surface area contributed by atoms with Crippen LogP contribution in [0.25, 0.3) is 10.8 Å². The molecule has 2 heterocycles. The number of benzene rings is 4. The summed E-state index contributed by atoms with van der Waals surface area (Å²) in [6.45, 7) is 1.22. The first-order valence-corrected chi connectivity index (χ1v) is 13.3. The molecular weight excluding hydrogens is 488 g/mol. The van der Waals surface area contributed by atoms with Crippen molar-refractivity contribution in [3.8, 4) is 0 Å². The summed E-state index contributed by atoms with van der Waals surface area (Å²) < 4.78 is 0. The molecule has 2 aliphatic heterocycles. The standard InChI is InChI=1S/C32H30N4O3/c37-29(33-27-11-3-1-4-12-27)22-35-23-36(28-13-5-2-6-14-28)32(31(35)39)17-19-34(20-18-32)30(38)26-16-15-24-9-7-8-10-25(24)21-26/h1-16,21H,17-20,22-23H2,(H,33,37). The van der Waals surface area contributed by atoms with Crippen LogP contribution in [0.1, 0.15) is 23.2 Å². The molecule has 7 heteroatoms. The van der Waals surface area contributed by atoms with E-state index < -0.39 is 5.54 Å². The third-order valence-corrected chi connectivity index (χ3v) is 7.85. The van der Waals surface area contributed by atoms with E-state index in [2.05, 4.69) is 10.2 Å². The van der Waals surface area contributed by atoms with Gasteiger partial charge in [0.05, 0.1) is 6.67 Å². The number of nitrogens with one attached hydrogen (secondary N) is 1. The number of likely N-dealkylation sites (tertiary alicyclic amines) is 1. The summed E-state index contributed by atoms with van der Waals surface area (Å²) in [7, 11) is 0. The molecule has 2 fully saturated rings. The van der Waals surface area contributed by atoms with Gasteiger partial charge in [0.15, 0.2) is 0 Å². The lowest BCUT2D eigenvalue weighted by molar-refractivity contribution is -0.136. The number of nitrogens with zero attached hydrogens (tertiary/aromatic N) is 3. The third-order valence-electron chi connectivity index (χ3n) is 7.85. The number of fused-ring (bicyclic) bond motifs is 1. The van der Waals surface area contributed by atoms with Gasteiger partial charge in [-0.1, -0.05) is 66.7 Å². The summed E-state index contributed by atoms with van der Waals surface area (Å²) in [5, 5.41) is 5.01. The SMILES string of the molecule is O=C(CN1CN(c2ccccc2)C2(CCN(C(=O)c3ccc4ccccc4c3)CC2)C1=O)Nc1ccccc1. The lowest BCUT2D eigenvalue weighted by Crippen LogP contribution is -2.57. The fraction of sp³-hybridized carbons (Fsp3) is 0.219. The van der Waals surface area contributed by atoms with Crippen molar-refractivity contribution in [1.29, 1.82) is 0 Å². The van der Waals surface area contributed by atoms with E-state index in [1.807, 2.05) is 108 Å². The van der Waals surface area contributed by atoms with E-state index in [0.29, 0.717) is 43.9 Å². The van der Waals surface area contributed by atoms with Crippen molar-refractivity contribution in [2.24, 2.45) is 0 Å². The Morgan fingerprint density at radius 3 is 2.13 bits per heavy atom. The van der Waals surface area contributed by atoms with Crippen molar-refractivity contribution >= 4 is 39.9 Å². The molecule has 0 aliphatic carbocycles. The number of rotatable bonds is 5. The van der Waals surface area contributed by atoms with E-state index in [0.717, 1.165) is 16.5 Å². The average molecular weight is 519 g/mol. The second-order valence-electron chi connectivity index (χ2n) is 10.2. The molecule has 0 saturated carbocycles. The van der Waals surface area contributed by atoms with Gasteiger partial charge in [-0.25, -0.2) is 0 Å². The Balaban J connectivity index is 1.20. The highest BCUT2D eigenvalue weighted by atomic mass is 16.2. The van der Waals surface area contributed by atoms with Gasteiger partial charge in [-0.15, -0.1) is 0 Å². The highest BCUT2D eigenvalue weighted by molar-refractivity contribution is 6.01. The number of para-hydroxylation sites is 2. The number of hydrogen-bond acceptors (Lipinski definition) is 4. The topological polar surface area (TPSA) is 73.0 Å². The largest absolute Gasteiger partial charge is 0.339 e. The number of anilines is 2. The van der Waals surface area contributed by atoms with Crippen LogP contribution >= 0.6 is 0 Å². The number of carbonyl (C=O) groups is 3. The zero-order valence-corrected chi connectivity index (χ0v) is 21.6. The van der Waals surface area contributed by atoms with Crippen molar-refractivity contribution in [3.63, 3.8) is 0 Å². The molecular formula is C32H30N4O3. The average Bonchev–Trinajstić information content (AvgIpc) is 3.24. The van der Waals surface area contributed by atoms with Crippen molar-refractivity contribution in [2.75, 3.05) is 36.5 Å². The monoisotopic (exact) mass is 518 g/mol. The Morgan fingerprint density at radius 1 is 0.769 bits per heavy atom. The maximum atomic E-state index is 13.9. The van der Waals surface area contributed by atoms with Crippen LogP contribution < -0.4 is 10.2 Å². The smallest absolute Gasteiger partial charge is 0.253 e. The first-order valence-electron chi connectivity index (χ1n) is 13.3. The highest BCUT2D eigenvalue weighted by Crippen LogP contribution is 2.39. The van der Waals surface area contributed by atoms with Gasteiger partial charge in [0.2, 0.25) is 5.91 Å². The molecule has 4 aromatic rings. The Hall–Kier alpha value is -4.65. The predicted molar refractivity (Wildman–Crippen MR) is 152 cm³/mol. The summed E-state index contributed by atoms with van der Waals surface area (Å²) in [5.74, 6) is -0.317. The molecule has 0 atom stereocenters. The minimum atomic E-state index is -0.797. The molecule has 0 aromatic heterocycles. The molecule has 1 spiro atoms. The molecule has 0 radical (unpaired) electrons.